The van der Waals surface area contributed by atoms with E-state index in [2.05, 4.69) is 63.6 Å². The van der Waals surface area contributed by atoms with Crippen LogP contribution in [-0.4, -0.2) is 66.9 Å². The maximum absolute atomic E-state index is 12.7. The molecule has 5 rings (SSSR count). The minimum atomic E-state index is -3.12. The van der Waals surface area contributed by atoms with E-state index in [-0.39, 0.29) is 11.7 Å². The number of hydrogen-bond donors (Lipinski definition) is 1. The Morgan fingerprint density at radius 2 is 1.33 bits per heavy atom. The second-order valence-corrected chi connectivity index (χ2v) is 12.8. The summed E-state index contributed by atoms with van der Waals surface area (Å²) in [5, 5.41) is 3.03. The molecule has 0 spiro atoms. The van der Waals surface area contributed by atoms with Crippen LogP contribution in [0, 0.1) is 0 Å². The molecule has 8 heteroatoms. The van der Waals surface area contributed by atoms with Crippen molar-refractivity contribution >= 4 is 15.9 Å². The second kappa shape index (κ2) is 12.4. The molecule has 2 heterocycles. The first-order valence-corrected chi connectivity index (χ1v) is 15.4. The average Bonchev–Trinajstić information content (AvgIpc) is 2.97. The van der Waals surface area contributed by atoms with Gasteiger partial charge in [0.1, 0.15) is 0 Å². The van der Waals surface area contributed by atoms with Crippen LogP contribution in [0.25, 0.3) is 0 Å². The van der Waals surface area contributed by atoms with Crippen LogP contribution in [0.15, 0.2) is 72.8 Å². The molecule has 206 valence electrons. The Bertz CT molecular complexity index is 1370. The largest absolute Gasteiger partial charge is 0.348 e. The number of benzene rings is 3. The maximum atomic E-state index is 12.7. The van der Waals surface area contributed by atoms with E-state index in [1.165, 1.54) is 16.7 Å². The van der Waals surface area contributed by atoms with Crippen LogP contribution in [0.1, 0.15) is 45.1 Å². The molecule has 0 bridgehead atoms. The zero-order valence-electron chi connectivity index (χ0n) is 22.7. The molecule has 1 amide bonds. The SMILES string of the molecule is CCS(=O)(=O)N1CCN(Cc2ccc(C(=O)NCc3ccc(CN4CCc5ccccc5C4)cc3)cc2)CC1. The molecule has 2 aliphatic heterocycles. The molecular weight excluding hydrogens is 508 g/mol. The van der Waals surface area contributed by atoms with Gasteiger partial charge in [-0.25, -0.2) is 8.42 Å². The summed E-state index contributed by atoms with van der Waals surface area (Å²) in [5.41, 5.74) is 7.02. The van der Waals surface area contributed by atoms with Crippen LogP contribution >= 0.6 is 0 Å². The predicted octanol–water partition coefficient (Wildman–Crippen LogP) is 3.64. The molecular formula is C31H38N4O3S. The summed E-state index contributed by atoms with van der Waals surface area (Å²) in [6, 6.07) is 24.9. The Morgan fingerprint density at radius 1 is 0.744 bits per heavy atom. The van der Waals surface area contributed by atoms with Crippen LogP contribution in [-0.2, 0) is 42.6 Å². The summed E-state index contributed by atoms with van der Waals surface area (Å²) >= 11 is 0. The lowest BCUT2D eigenvalue weighted by Crippen LogP contribution is -2.48. The molecule has 2 aliphatic rings. The lowest BCUT2D eigenvalue weighted by molar-refractivity contribution is 0.0951. The fourth-order valence-electron chi connectivity index (χ4n) is 5.36. The number of fused-ring (bicyclic) bond motifs is 1. The van der Waals surface area contributed by atoms with E-state index in [0.29, 0.717) is 38.3 Å². The first-order chi connectivity index (χ1) is 18.9. The highest BCUT2D eigenvalue weighted by atomic mass is 32.2. The molecule has 0 saturated carbocycles. The number of sulfonamides is 1. The standard InChI is InChI=1S/C31H38N4O3S/c1-2-39(37,38)35-19-17-33(18-20-35)22-27-11-13-29(14-12-27)31(36)32-21-25-7-9-26(10-8-25)23-34-16-15-28-5-3-4-6-30(28)24-34/h3-14H,2,15-24H2,1H3,(H,32,36). The number of nitrogens with zero attached hydrogens (tertiary/aromatic N) is 3. The summed E-state index contributed by atoms with van der Waals surface area (Å²) < 4.78 is 25.7. The smallest absolute Gasteiger partial charge is 0.251 e. The Kier molecular flexibility index (Phi) is 8.77. The van der Waals surface area contributed by atoms with E-state index in [1.807, 2.05) is 24.3 Å². The van der Waals surface area contributed by atoms with E-state index in [1.54, 1.807) is 11.2 Å². The normalized spacial score (nSPS) is 17.1. The number of nitrogens with one attached hydrogen (secondary N) is 1. The van der Waals surface area contributed by atoms with Crippen LogP contribution in [0.5, 0.6) is 0 Å². The summed E-state index contributed by atoms with van der Waals surface area (Å²) in [5.74, 6) is 0.0622. The van der Waals surface area contributed by atoms with Crippen LogP contribution in [0.3, 0.4) is 0 Å². The van der Waals surface area contributed by atoms with Crippen LogP contribution < -0.4 is 5.32 Å². The van der Waals surface area contributed by atoms with Gasteiger partial charge in [-0.15, -0.1) is 0 Å². The highest BCUT2D eigenvalue weighted by Crippen LogP contribution is 2.20. The van der Waals surface area contributed by atoms with Crippen molar-refractivity contribution < 1.29 is 13.2 Å². The van der Waals surface area contributed by atoms with Gasteiger partial charge in [0.05, 0.1) is 5.75 Å². The fraction of sp³-hybridized carbons (Fsp3) is 0.387. The van der Waals surface area contributed by atoms with Crippen molar-refractivity contribution in [3.05, 3.63) is 106 Å². The molecule has 0 unspecified atom stereocenters. The van der Waals surface area contributed by atoms with Crippen molar-refractivity contribution in [1.82, 2.24) is 19.4 Å². The van der Waals surface area contributed by atoms with Gasteiger partial charge in [-0.1, -0.05) is 60.7 Å². The zero-order valence-corrected chi connectivity index (χ0v) is 23.5. The molecule has 3 aromatic rings. The van der Waals surface area contributed by atoms with Crippen molar-refractivity contribution in [2.75, 3.05) is 38.5 Å². The minimum absolute atomic E-state index is 0.0870. The molecule has 1 fully saturated rings. The highest BCUT2D eigenvalue weighted by Gasteiger charge is 2.25. The summed E-state index contributed by atoms with van der Waals surface area (Å²) in [6.45, 7) is 8.42. The monoisotopic (exact) mass is 546 g/mol. The molecule has 0 aliphatic carbocycles. The first kappa shape index (κ1) is 27.5. The van der Waals surface area contributed by atoms with Gasteiger partial charge >= 0.3 is 0 Å². The van der Waals surface area contributed by atoms with Gasteiger partial charge in [0.15, 0.2) is 0 Å². The summed E-state index contributed by atoms with van der Waals surface area (Å²) in [4.78, 5) is 17.5. The number of carbonyl (C=O) groups is 1. The Labute approximate surface area is 232 Å². The maximum Gasteiger partial charge on any atom is 0.251 e. The van der Waals surface area contributed by atoms with Gasteiger partial charge in [0.25, 0.3) is 5.91 Å². The van der Waals surface area contributed by atoms with Crippen molar-refractivity contribution in [3.8, 4) is 0 Å². The highest BCUT2D eigenvalue weighted by molar-refractivity contribution is 7.89. The second-order valence-electron chi connectivity index (χ2n) is 10.5. The van der Waals surface area contributed by atoms with Crippen LogP contribution in [0.4, 0.5) is 0 Å². The lowest BCUT2D eigenvalue weighted by Gasteiger charge is -2.33. The summed E-state index contributed by atoms with van der Waals surface area (Å²) in [7, 11) is -3.12. The molecule has 7 nitrogen and oxygen atoms in total. The topological polar surface area (TPSA) is 73.0 Å². The third-order valence-corrected chi connectivity index (χ3v) is 9.69. The number of amides is 1. The Morgan fingerprint density at radius 3 is 2.00 bits per heavy atom. The third kappa shape index (κ3) is 7.13. The van der Waals surface area contributed by atoms with Crippen molar-refractivity contribution in [1.29, 1.82) is 0 Å². The molecule has 1 saturated heterocycles. The van der Waals surface area contributed by atoms with E-state index >= 15 is 0 Å². The van der Waals surface area contributed by atoms with Gasteiger partial charge < -0.3 is 5.32 Å². The van der Waals surface area contributed by atoms with E-state index in [0.717, 1.165) is 43.7 Å². The van der Waals surface area contributed by atoms with E-state index < -0.39 is 10.0 Å². The third-order valence-electron chi connectivity index (χ3n) is 7.80. The average molecular weight is 547 g/mol. The number of hydrogen-bond acceptors (Lipinski definition) is 5. The fourth-order valence-corrected chi connectivity index (χ4v) is 6.45. The van der Waals surface area contributed by atoms with Gasteiger partial charge in [-0.05, 0) is 53.3 Å². The molecule has 0 radical (unpaired) electrons. The molecule has 0 atom stereocenters. The summed E-state index contributed by atoms with van der Waals surface area (Å²) in [6.07, 6.45) is 1.10. The quantitative estimate of drug-likeness (QED) is 0.444. The van der Waals surface area contributed by atoms with E-state index in [9.17, 15) is 13.2 Å². The van der Waals surface area contributed by atoms with Gasteiger partial charge in [0.2, 0.25) is 10.0 Å². The predicted molar refractivity (Wildman–Crippen MR) is 155 cm³/mol. The van der Waals surface area contributed by atoms with E-state index in [4.69, 9.17) is 0 Å². The van der Waals surface area contributed by atoms with Gasteiger partial charge in [-0.3, -0.25) is 14.6 Å². The van der Waals surface area contributed by atoms with Crippen molar-refractivity contribution in [3.63, 3.8) is 0 Å². The zero-order chi connectivity index (χ0) is 27.2. The molecule has 0 aromatic heterocycles. The van der Waals surface area contributed by atoms with Crippen molar-refractivity contribution in [2.24, 2.45) is 0 Å². The van der Waals surface area contributed by atoms with Crippen LogP contribution in [0.2, 0.25) is 0 Å². The Hall–Kier alpha value is -3.04. The number of carbonyl (C=O) groups excluding carboxylic acids is 1. The number of piperazine rings is 1. The number of rotatable bonds is 9. The minimum Gasteiger partial charge on any atom is -0.348 e. The van der Waals surface area contributed by atoms with Gasteiger partial charge in [0, 0.05) is 64.5 Å². The first-order valence-electron chi connectivity index (χ1n) is 13.8. The van der Waals surface area contributed by atoms with Gasteiger partial charge in [-0.2, -0.15) is 4.31 Å². The molecule has 1 N–H and O–H groups in total. The lowest BCUT2D eigenvalue weighted by atomic mass is 9.99. The molecule has 39 heavy (non-hydrogen) atoms. The van der Waals surface area contributed by atoms with Crippen molar-refractivity contribution in [2.45, 2.75) is 39.5 Å². The molecule has 3 aromatic carbocycles. The Balaban J connectivity index is 1.06.